The van der Waals surface area contributed by atoms with Crippen LogP contribution in [0.3, 0.4) is 0 Å². The van der Waals surface area contributed by atoms with Gasteiger partial charge in [-0.1, -0.05) is 0 Å². The molecule has 0 aliphatic rings. The zero-order valence-corrected chi connectivity index (χ0v) is 10.8. The van der Waals surface area contributed by atoms with Crippen molar-refractivity contribution in [2.75, 3.05) is 0 Å². The molecule has 2 aromatic rings. The summed E-state index contributed by atoms with van der Waals surface area (Å²) in [6, 6.07) is 1.57. The van der Waals surface area contributed by atoms with Crippen LogP contribution in [-0.4, -0.2) is 9.55 Å². The van der Waals surface area contributed by atoms with Crippen molar-refractivity contribution in [2.24, 2.45) is 7.05 Å². The van der Waals surface area contributed by atoms with Crippen molar-refractivity contribution in [3.63, 3.8) is 0 Å². The van der Waals surface area contributed by atoms with Gasteiger partial charge in [-0.2, -0.15) is 4.57 Å². The number of nitrogens with one attached hydrogen (secondary N) is 1. The third-order valence-corrected chi connectivity index (χ3v) is 3.39. The maximum absolute atomic E-state index is 11.6. The maximum Gasteiger partial charge on any atom is 0.338 e. The third kappa shape index (κ3) is 2.76. The van der Waals surface area contributed by atoms with E-state index in [1.54, 1.807) is 23.9 Å². The third-order valence-electron chi connectivity index (χ3n) is 2.30. The van der Waals surface area contributed by atoms with Gasteiger partial charge in [0.15, 0.2) is 5.89 Å². The van der Waals surface area contributed by atoms with Crippen LogP contribution in [-0.2, 0) is 12.8 Å². The van der Waals surface area contributed by atoms with Crippen LogP contribution in [0.4, 0.5) is 0 Å². The standard InChI is InChI=1S/C11H13N3O2S/c1-7-4-10(15)14(3)11(12-7)17-6-9-5-16-8(2)13-9/h4-5H,6H2,1-3H3/p+1. The average molecular weight is 252 g/mol. The molecule has 0 aliphatic heterocycles. The van der Waals surface area contributed by atoms with Crippen molar-refractivity contribution in [3.05, 3.63) is 40.0 Å². The van der Waals surface area contributed by atoms with E-state index in [4.69, 9.17) is 4.42 Å². The smallest absolute Gasteiger partial charge is 0.338 e. The molecule has 0 aromatic carbocycles. The van der Waals surface area contributed by atoms with Gasteiger partial charge in [-0.05, 0) is 18.7 Å². The molecule has 1 N–H and O–H groups in total. The van der Waals surface area contributed by atoms with E-state index >= 15 is 0 Å². The molecule has 2 rings (SSSR count). The SMILES string of the molecule is Cc1cc(=O)n(C)c(SCc2coc(C)n2)[nH+]1. The molecular weight excluding hydrogens is 238 g/mol. The van der Waals surface area contributed by atoms with Crippen LogP contribution in [0.15, 0.2) is 26.7 Å². The number of oxazole rings is 1. The van der Waals surface area contributed by atoms with Gasteiger partial charge < -0.3 is 4.42 Å². The number of aryl methyl sites for hydroxylation is 2. The van der Waals surface area contributed by atoms with Gasteiger partial charge in [0.25, 0.3) is 0 Å². The molecule has 0 amide bonds. The lowest BCUT2D eigenvalue weighted by Crippen LogP contribution is -2.28. The molecule has 0 spiro atoms. The van der Waals surface area contributed by atoms with Crippen LogP contribution in [0.5, 0.6) is 0 Å². The summed E-state index contributed by atoms with van der Waals surface area (Å²) >= 11 is 1.53. The summed E-state index contributed by atoms with van der Waals surface area (Å²) in [7, 11) is 1.74. The largest absolute Gasteiger partial charge is 0.449 e. The first-order valence-electron chi connectivity index (χ1n) is 5.20. The molecule has 90 valence electrons. The van der Waals surface area contributed by atoms with Crippen molar-refractivity contribution in [3.8, 4) is 0 Å². The van der Waals surface area contributed by atoms with E-state index in [1.165, 1.54) is 11.8 Å². The number of H-pyrrole nitrogens is 1. The van der Waals surface area contributed by atoms with Gasteiger partial charge in [0.05, 0.1) is 24.6 Å². The van der Waals surface area contributed by atoms with Crippen LogP contribution >= 0.6 is 11.8 Å². The number of hydrogen-bond donors (Lipinski definition) is 0. The molecule has 17 heavy (non-hydrogen) atoms. The van der Waals surface area contributed by atoms with Crippen LogP contribution in [0.25, 0.3) is 0 Å². The fourth-order valence-electron chi connectivity index (χ4n) is 1.42. The lowest BCUT2D eigenvalue weighted by Gasteiger charge is -1.99. The highest BCUT2D eigenvalue weighted by Gasteiger charge is 2.12. The molecule has 5 nitrogen and oxygen atoms in total. The van der Waals surface area contributed by atoms with Crippen LogP contribution in [0.2, 0.25) is 0 Å². The molecule has 6 heteroatoms. The van der Waals surface area contributed by atoms with Gasteiger partial charge in [-0.15, -0.1) is 0 Å². The van der Waals surface area contributed by atoms with Gasteiger partial charge in [-0.3, -0.25) is 0 Å². The molecule has 0 bridgehead atoms. The summed E-state index contributed by atoms with van der Waals surface area (Å²) in [6.45, 7) is 3.68. The quantitative estimate of drug-likeness (QED) is 0.606. The van der Waals surface area contributed by atoms with E-state index in [0.717, 1.165) is 16.5 Å². The van der Waals surface area contributed by atoms with E-state index in [-0.39, 0.29) is 5.56 Å². The Kier molecular flexibility index (Phi) is 3.33. The molecule has 0 saturated heterocycles. The second-order valence-corrected chi connectivity index (χ2v) is 4.77. The average Bonchev–Trinajstić information content (AvgIpc) is 2.67. The van der Waals surface area contributed by atoms with Gasteiger partial charge in [0, 0.05) is 6.92 Å². The lowest BCUT2D eigenvalue weighted by molar-refractivity contribution is -0.446. The second-order valence-electron chi connectivity index (χ2n) is 3.80. The van der Waals surface area contributed by atoms with E-state index in [2.05, 4.69) is 9.97 Å². The molecular formula is C11H14N3O2S+. The maximum atomic E-state index is 11.6. The first kappa shape index (κ1) is 11.9. The lowest BCUT2D eigenvalue weighted by atomic mass is 10.4. The second kappa shape index (κ2) is 4.75. The number of thioether (sulfide) groups is 1. The Morgan fingerprint density at radius 2 is 2.29 bits per heavy atom. The molecule has 0 saturated carbocycles. The van der Waals surface area contributed by atoms with Gasteiger partial charge >= 0.3 is 10.7 Å². The van der Waals surface area contributed by atoms with Crippen LogP contribution in [0, 0.1) is 13.8 Å². The Balaban J connectivity index is 2.16. The molecule has 2 aromatic heterocycles. The Hall–Kier alpha value is -1.56. The fourth-order valence-corrected chi connectivity index (χ4v) is 2.35. The number of nitrogens with zero attached hydrogens (tertiary/aromatic N) is 2. The monoisotopic (exact) mass is 252 g/mol. The number of hydrogen-bond acceptors (Lipinski definition) is 4. The Morgan fingerprint density at radius 1 is 1.53 bits per heavy atom. The summed E-state index contributed by atoms with van der Waals surface area (Å²) in [5.74, 6) is 1.33. The summed E-state index contributed by atoms with van der Waals surface area (Å²) in [6.07, 6.45) is 1.64. The minimum atomic E-state index is -0.0138. The Morgan fingerprint density at radius 3 is 2.94 bits per heavy atom. The zero-order chi connectivity index (χ0) is 12.4. The molecule has 0 fully saturated rings. The van der Waals surface area contributed by atoms with Crippen LogP contribution in [0.1, 0.15) is 17.3 Å². The van der Waals surface area contributed by atoms with Crippen LogP contribution < -0.4 is 10.5 Å². The number of aromatic amines is 1. The molecule has 2 heterocycles. The highest BCUT2D eigenvalue weighted by Crippen LogP contribution is 2.17. The van der Waals surface area contributed by atoms with Crippen molar-refractivity contribution in [1.82, 2.24) is 9.55 Å². The first-order valence-corrected chi connectivity index (χ1v) is 6.18. The summed E-state index contributed by atoms with van der Waals surface area (Å²) in [5.41, 5.74) is 1.71. The fraction of sp³-hybridized carbons (Fsp3) is 0.364. The first-order chi connectivity index (χ1) is 8.06. The molecule has 0 atom stereocenters. The highest BCUT2D eigenvalue weighted by molar-refractivity contribution is 7.98. The summed E-state index contributed by atoms with van der Waals surface area (Å²) in [5, 5.41) is 0.815. The van der Waals surface area contributed by atoms with Gasteiger partial charge in [0.2, 0.25) is 0 Å². The predicted molar refractivity (Wildman–Crippen MR) is 63.8 cm³/mol. The molecule has 0 radical (unpaired) electrons. The highest BCUT2D eigenvalue weighted by atomic mass is 32.2. The van der Waals surface area contributed by atoms with Gasteiger partial charge in [0.1, 0.15) is 12.0 Å². The normalized spacial score (nSPS) is 10.8. The topological polar surface area (TPSA) is 62.2 Å². The van der Waals surface area contributed by atoms with Crippen molar-refractivity contribution in [2.45, 2.75) is 24.8 Å². The molecule has 0 aliphatic carbocycles. The number of aromatic nitrogens is 3. The van der Waals surface area contributed by atoms with E-state index in [0.29, 0.717) is 11.6 Å². The Bertz CT molecular complexity index is 589. The van der Waals surface area contributed by atoms with Crippen molar-refractivity contribution >= 4 is 11.8 Å². The van der Waals surface area contributed by atoms with Crippen molar-refractivity contribution < 1.29 is 9.40 Å². The summed E-state index contributed by atoms with van der Waals surface area (Å²) < 4.78 is 6.72. The van der Waals surface area contributed by atoms with E-state index in [9.17, 15) is 4.79 Å². The van der Waals surface area contributed by atoms with Gasteiger partial charge in [-0.25, -0.2) is 14.8 Å². The minimum Gasteiger partial charge on any atom is -0.449 e. The van der Waals surface area contributed by atoms with Crippen molar-refractivity contribution in [1.29, 1.82) is 0 Å². The number of rotatable bonds is 3. The minimum absolute atomic E-state index is 0.0138. The van der Waals surface area contributed by atoms with E-state index in [1.807, 2.05) is 13.8 Å². The predicted octanol–water partition coefficient (Wildman–Crippen LogP) is 1.10. The summed E-state index contributed by atoms with van der Waals surface area (Å²) in [4.78, 5) is 18.9. The zero-order valence-electron chi connectivity index (χ0n) is 9.98. The Labute approximate surface area is 103 Å². The molecule has 0 unspecified atom stereocenters. The van der Waals surface area contributed by atoms with E-state index < -0.39 is 0 Å².